The molecule has 0 radical (unpaired) electrons. The lowest BCUT2D eigenvalue weighted by Gasteiger charge is -2.12. The van der Waals surface area contributed by atoms with E-state index in [4.69, 9.17) is 21.4 Å². The monoisotopic (exact) mass is 376 g/mol. The second-order valence-corrected chi connectivity index (χ2v) is 7.38. The van der Waals surface area contributed by atoms with E-state index in [1.807, 2.05) is 0 Å². The second-order valence-electron chi connectivity index (χ2n) is 5.18. The minimum Gasteiger partial charge on any atom is -0.479 e. The average Bonchev–Trinajstić information content (AvgIpc) is 3.02. The molecule has 0 saturated carbocycles. The number of aliphatic carboxylic acids is 1. The molecule has 1 aromatic rings. The van der Waals surface area contributed by atoms with Crippen LogP contribution in [0.15, 0.2) is 29.2 Å². The number of sulfonamides is 1. The number of amides is 1. The first-order valence-electron chi connectivity index (χ1n) is 7.21. The standard InChI is InChI=1S/C14H17ClN2O6S/c15-9-2-1-3-10(8-9)24(21,22)17-7-6-16-13(18)11-4-5-12(23-11)14(19)20/h1-3,8,11-12,17H,4-7H2,(H,16,18)(H,19,20)/t11-,12+/m0/s1. The van der Waals surface area contributed by atoms with Crippen LogP contribution in [0.3, 0.4) is 0 Å². The predicted molar refractivity (Wildman–Crippen MR) is 85.2 cm³/mol. The van der Waals surface area contributed by atoms with Crippen LogP contribution in [-0.4, -0.2) is 50.7 Å². The molecule has 8 nitrogen and oxygen atoms in total. The van der Waals surface area contributed by atoms with Crippen molar-refractivity contribution in [2.45, 2.75) is 29.9 Å². The van der Waals surface area contributed by atoms with Gasteiger partial charge in [-0.3, -0.25) is 4.79 Å². The third-order valence-corrected chi connectivity index (χ3v) is 5.10. The van der Waals surface area contributed by atoms with Crippen LogP contribution in [0.2, 0.25) is 5.02 Å². The molecule has 1 heterocycles. The van der Waals surface area contributed by atoms with Gasteiger partial charge in [-0.15, -0.1) is 0 Å². The van der Waals surface area contributed by atoms with Crippen molar-refractivity contribution >= 4 is 33.5 Å². The van der Waals surface area contributed by atoms with E-state index in [0.29, 0.717) is 11.4 Å². The maximum atomic E-state index is 12.0. The van der Waals surface area contributed by atoms with Crippen LogP contribution in [0.5, 0.6) is 0 Å². The summed E-state index contributed by atoms with van der Waals surface area (Å²) >= 11 is 5.76. The molecule has 2 rings (SSSR count). The van der Waals surface area contributed by atoms with Crippen molar-refractivity contribution in [2.75, 3.05) is 13.1 Å². The third-order valence-electron chi connectivity index (χ3n) is 3.41. The van der Waals surface area contributed by atoms with Gasteiger partial charge in [-0.25, -0.2) is 17.9 Å². The molecule has 1 amide bonds. The molecule has 0 spiro atoms. The summed E-state index contributed by atoms with van der Waals surface area (Å²) < 4.78 is 31.5. The minimum absolute atomic E-state index is 0.0182. The van der Waals surface area contributed by atoms with Crippen molar-refractivity contribution in [1.82, 2.24) is 10.0 Å². The quantitative estimate of drug-likeness (QED) is 0.591. The summed E-state index contributed by atoms with van der Waals surface area (Å²) in [5.74, 6) is -1.56. The summed E-state index contributed by atoms with van der Waals surface area (Å²) in [7, 11) is -3.71. The number of carboxylic acids is 1. The van der Waals surface area contributed by atoms with Crippen LogP contribution in [-0.2, 0) is 24.3 Å². The highest BCUT2D eigenvalue weighted by atomic mass is 35.5. The molecule has 1 aliphatic heterocycles. The summed E-state index contributed by atoms with van der Waals surface area (Å²) in [4.78, 5) is 22.6. The lowest BCUT2D eigenvalue weighted by Crippen LogP contribution is -2.40. The van der Waals surface area contributed by atoms with Crippen LogP contribution in [0.25, 0.3) is 0 Å². The van der Waals surface area contributed by atoms with E-state index in [9.17, 15) is 18.0 Å². The maximum absolute atomic E-state index is 12.0. The van der Waals surface area contributed by atoms with Gasteiger partial charge < -0.3 is 15.2 Å². The van der Waals surface area contributed by atoms with Gasteiger partial charge in [0.05, 0.1) is 4.90 Å². The van der Waals surface area contributed by atoms with E-state index in [-0.39, 0.29) is 24.4 Å². The number of carbonyl (C=O) groups excluding carboxylic acids is 1. The summed E-state index contributed by atoms with van der Waals surface area (Å²) in [5, 5.41) is 11.6. The minimum atomic E-state index is -3.71. The van der Waals surface area contributed by atoms with Crippen LogP contribution in [0.4, 0.5) is 0 Å². The molecule has 132 valence electrons. The van der Waals surface area contributed by atoms with Gasteiger partial charge in [0.1, 0.15) is 6.10 Å². The molecule has 0 unspecified atom stereocenters. The van der Waals surface area contributed by atoms with Gasteiger partial charge in [0.15, 0.2) is 6.10 Å². The fourth-order valence-corrected chi connectivity index (χ4v) is 3.55. The number of nitrogens with one attached hydrogen (secondary N) is 2. The molecule has 10 heteroatoms. The number of hydrogen-bond donors (Lipinski definition) is 3. The second kappa shape index (κ2) is 7.93. The van der Waals surface area contributed by atoms with Crippen molar-refractivity contribution in [3.63, 3.8) is 0 Å². The number of carboxylic acid groups (broad SMARTS) is 1. The highest BCUT2D eigenvalue weighted by Gasteiger charge is 2.34. The SMILES string of the molecule is O=C(NCCNS(=O)(=O)c1cccc(Cl)c1)[C@@H]1CC[C@H](C(=O)O)O1. The van der Waals surface area contributed by atoms with Gasteiger partial charge in [-0.1, -0.05) is 17.7 Å². The Kier molecular flexibility index (Phi) is 6.16. The summed E-state index contributed by atoms with van der Waals surface area (Å²) in [6.45, 7) is 0.0336. The lowest BCUT2D eigenvalue weighted by atomic mass is 10.2. The van der Waals surface area contributed by atoms with Crippen molar-refractivity contribution < 1.29 is 27.9 Å². The van der Waals surface area contributed by atoms with Crippen LogP contribution >= 0.6 is 11.6 Å². The van der Waals surface area contributed by atoms with Crippen LogP contribution in [0.1, 0.15) is 12.8 Å². The van der Waals surface area contributed by atoms with E-state index >= 15 is 0 Å². The highest BCUT2D eigenvalue weighted by Crippen LogP contribution is 2.19. The first-order chi connectivity index (χ1) is 11.3. The summed E-state index contributed by atoms with van der Waals surface area (Å²) in [5.41, 5.74) is 0. The Morgan fingerprint density at radius 3 is 2.58 bits per heavy atom. The Balaban J connectivity index is 1.76. The number of rotatable bonds is 7. The Hall–Kier alpha value is -1.68. The Bertz CT molecular complexity index is 724. The highest BCUT2D eigenvalue weighted by molar-refractivity contribution is 7.89. The van der Waals surface area contributed by atoms with Crippen molar-refractivity contribution in [1.29, 1.82) is 0 Å². The fraction of sp³-hybridized carbons (Fsp3) is 0.429. The molecule has 2 atom stereocenters. The lowest BCUT2D eigenvalue weighted by molar-refractivity contribution is -0.151. The summed E-state index contributed by atoms with van der Waals surface area (Å²) in [6.07, 6.45) is -1.20. The third kappa shape index (κ3) is 4.91. The zero-order valence-corrected chi connectivity index (χ0v) is 14.1. The molecule has 1 fully saturated rings. The first-order valence-corrected chi connectivity index (χ1v) is 9.07. The first kappa shape index (κ1) is 18.7. The van der Waals surface area contributed by atoms with E-state index in [1.54, 1.807) is 6.07 Å². The molecular formula is C14H17ClN2O6S. The Labute approximate surface area is 144 Å². The predicted octanol–water partition coefficient (Wildman–Crippen LogP) is 0.367. The molecule has 1 aliphatic rings. The van der Waals surface area contributed by atoms with Crippen molar-refractivity contribution in [3.8, 4) is 0 Å². The topological polar surface area (TPSA) is 122 Å². The molecular weight excluding hydrogens is 360 g/mol. The number of benzene rings is 1. The molecule has 0 aromatic heterocycles. The van der Waals surface area contributed by atoms with Crippen LogP contribution in [0, 0.1) is 0 Å². The molecule has 1 aromatic carbocycles. The van der Waals surface area contributed by atoms with Crippen molar-refractivity contribution in [3.05, 3.63) is 29.3 Å². The number of ether oxygens (including phenoxy) is 1. The van der Waals surface area contributed by atoms with Gasteiger partial charge in [-0.05, 0) is 31.0 Å². The summed E-state index contributed by atoms with van der Waals surface area (Å²) in [6, 6.07) is 5.81. The zero-order chi connectivity index (χ0) is 17.7. The van der Waals surface area contributed by atoms with Gasteiger partial charge in [0.2, 0.25) is 15.9 Å². The fourth-order valence-electron chi connectivity index (χ4n) is 2.21. The Morgan fingerprint density at radius 2 is 1.96 bits per heavy atom. The number of carbonyl (C=O) groups is 2. The maximum Gasteiger partial charge on any atom is 0.332 e. The molecule has 3 N–H and O–H groups in total. The van der Waals surface area contributed by atoms with E-state index in [0.717, 1.165) is 0 Å². The molecule has 0 bridgehead atoms. The zero-order valence-electron chi connectivity index (χ0n) is 12.6. The van der Waals surface area contributed by atoms with Gasteiger partial charge in [0.25, 0.3) is 0 Å². The van der Waals surface area contributed by atoms with E-state index < -0.39 is 34.1 Å². The molecule has 24 heavy (non-hydrogen) atoms. The van der Waals surface area contributed by atoms with E-state index in [1.165, 1.54) is 18.2 Å². The number of halogens is 1. The van der Waals surface area contributed by atoms with Gasteiger partial charge in [0, 0.05) is 18.1 Å². The molecule has 0 aliphatic carbocycles. The van der Waals surface area contributed by atoms with Crippen LogP contribution < -0.4 is 10.0 Å². The molecule has 1 saturated heterocycles. The largest absolute Gasteiger partial charge is 0.479 e. The van der Waals surface area contributed by atoms with Crippen molar-refractivity contribution in [2.24, 2.45) is 0 Å². The normalized spacial score (nSPS) is 20.7. The smallest absolute Gasteiger partial charge is 0.332 e. The van der Waals surface area contributed by atoms with Gasteiger partial charge >= 0.3 is 5.97 Å². The van der Waals surface area contributed by atoms with Gasteiger partial charge in [-0.2, -0.15) is 0 Å². The average molecular weight is 377 g/mol. The number of hydrogen-bond acceptors (Lipinski definition) is 5. The van der Waals surface area contributed by atoms with E-state index in [2.05, 4.69) is 10.0 Å². The Morgan fingerprint density at radius 1 is 1.25 bits per heavy atom.